The molecule has 0 saturated carbocycles. The maximum Gasteiger partial charge on any atom is 0.281 e. The van der Waals surface area contributed by atoms with E-state index in [1.165, 1.54) is 23.0 Å². The van der Waals surface area contributed by atoms with Crippen LogP contribution in [0.4, 0.5) is 10.1 Å². The Morgan fingerprint density at radius 1 is 1.03 bits per heavy atom. The number of nitrogens with zero attached hydrogens (tertiary/aromatic N) is 5. The number of Topliss-reactive ketones (excluding diaryl/α,β-unsaturated/α-hetero) is 1. The van der Waals surface area contributed by atoms with Crippen LogP contribution in [0.1, 0.15) is 35.2 Å². The molecule has 2 aromatic carbocycles. The van der Waals surface area contributed by atoms with Gasteiger partial charge in [-0.15, -0.1) is 0 Å². The number of fused-ring (bicyclic) bond motifs is 2. The van der Waals surface area contributed by atoms with Crippen molar-refractivity contribution in [2.24, 2.45) is 7.05 Å². The van der Waals surface area contributed by atoms with Crippen LogP contribution in [-0.4, -0.2) is 48.9 Å². The molecule has 3 heterocycles. The van der Waals surface area contributed by atoms with E-state index >= 15 is 0 Å². The lowest BCUT2D eigenvalue weighted by Gasteiger charge is -2.39. The van der Waals surface area contributed by atoms with Crippen molar-refractivity contribution in [3.05, 3.63) is 76.1 Å². The molecule has 36 heavy (non-hydrogen) atoms. The first-order chi connectivity index (χ1) is 17.3. The predicted molar refractivity (Wildman–Crippen MR) is 134 cm³/mol. The topological polar surface area (TPSA) is 93.2 Å². The Morgan fingerprint density at radius 3 is 2.53 bits per heavy atom. The van der Waals surface area contributed by atoms with E-state index in [9.17, 15) is 19.1 Å². The largest absolute Gasteiger partial charge is 0.388 e. The Labute approximate surface area is 206 Å². The second kappa shape index (κ2) is 8.37. The number of aliphatic hydroxyl groups is 1. The zero-order chi connectivity index (χ0) is 25.0. The van der Waals surface area contributed by atoms with Gasteiger partial charge in [0.2, 0.25) is 0 Å². The number of anilines is 1. The maximum atomic E-state index is 13.3. The number of aryl methyl sites for hydroxylation is 2. The normalized spacial score (nSPS) is 17.1. The third kappa shape index (κ3) is 3.80. The lowest BCUT2D eigenvalue weighted by atomic mass is 9.91. The van der Waals surface area contributed by atoms with E-state index in [4.69, 9.17) is 0 Å². The molecule has 0 spiro atoms. The summed E-state index contributed by atoms with van der Waals surface area (Å²) >= 11 is 0. The highest BCUT2D eigenvalue weighted by molar-refractivity contribution is 6.01. The number of carbonyl (C=O) groups excluding carboxylic acids is 1. The summed E-state index contributed by atoms with van der Waals surface area (Å²) in [6.07, 6.45) is 3.66. The summed E-state index contributed by atoms with van der Waals surface area (Å²) in [5.74, 6) is -0.118. The van der Waals surface area contributed by atoms with Gasteiger partial charge in [-0.1, -0.05) is 12.1 Å². The zero-order valence-corrected chi connectivity index (χ0v) is 19.9. The van der Waals surface area contributed by atoms with Gasteiger partial charge in [0, 0.05) is 43.4 Å². The highest BCUT2D eigenvalue weighted by Gasteiger charge is 2.34. The molecule has 8 nitrogen and oxygen atoms in total. The second-order valence-electron chi connectivity index (χ2n) is 9.83. The monoisotopic (exact) mass is 487 g/mol. The Balaban J connectivity index is 1.26. The van der Waals surface area contributed by atoms with Gasteiger partial charge in [-0.25, -0.2) is 9.37 Å². The van der Waals surface area contributed by atoms with Crippen molar-refractivity contribution in [3.63, 3.8) is 0 Å². The van der Waals surface area contributed by atoms with Crippen LogP contribution in [0.5, 0.6) is 0 Å². The van der Waals surface area contributed by atoms with Crippen LogP contribution < -0.4 is 10.5 Å². The number of benzene rings is 2. The third-order valence-electron chi connectivity index (χ3n) is 7.46. The van der Waals surface area contributed by atoms with E-state index in [2.05, 4.69) is 15.0 Å². The minimum Gasteiger partial charge on any atom is -0.388 e. The molecule has 0 unspecified atom stereocenters. The standard InChI is InChI=1S/C27H26FN5O3/c1-31-25(18-2-8-21-17(14-18)3-9-22(21)34)23-24(30-31)26(35)33(16-29-23)15-27(36)10-12-32(13-11-27)20-6-4-19(28)5-7-20/h2,4-8,14,16,36H,3,9-13,15H2,1H3. The number of ketones is 1. The Hall–Kier alpha value is -3.85. The van der Waals surface area contributed by atoms with Crippen molar-refractivity contribution in [2.45, 2.75) is 37.8 Å². The van der Waals surface area contributed by atoms with Gasteiger partial charge in [0.15, 0.2) is 11.3 Å². The van der Waals surface area contributed by atoms with Gasteiger partial charge in [0.05, 0.1) is 24.2 Å². The highest BCUT2D eigenvalue weighted by atomic mass is 19.1. The first-order valence-corrected chi connectivity index (χ1v) is 12.1. The van der Waals surface area contributed by atoms with Crippen LogP contribution in [0.3, 0.4) is 0 Å². The summed E-state index contributed by atoms with van der Waals surface area (Å²) in [7, 11) is 1.78. The molecular weight excluding hydrogens is 461 g/mol. The Bertz CT molecular complexity index is 1550. The summed E-state index contributed by atoms with van der Waals surface area (Å²) in [4.78, 5) is 32.0. The van der Waals surface area contributed by atoms with Crippen molar-refractivity contribution in [1.82, 2.24) is 19.3 Å². The summed E-state index contributed by atoms with van der Waals surface area (Å²) in [6, 6.07) is 12.0. The molecule has 0 radical (unpaired) electrons. The summed E-state index contributed by atoms with van der Waals surface area (Å²) in [6.45, 7) is 1.32. The zero-order valence-electron chi connectivity index (χ0n) is 19.9. The Morgan fingerprint density at radius 2 is 1.78 bits per heavy atom. The van der Waals surface area contributed by atoms with Crippen molar-refractivity contribution >= 4 is 22.5 Å². The van der Waals surface area contributed by atoms with Crippen molar-refractivity contribution in [1.29, 1.82) is 0 Å². The number of halogens is 1. The molecule has 184 valence electrons. The first kappa shape index (κ1) is 22.6. The van der Waals surface area contributed by atoms with Gasteiger partial charge >= 0.3 is 0 Å². The van der Waals surface area contributed by atoms with Gasteiger partial charge in [-0.3, -0.25) is 18.8 Å². The average Bonchev–Trinajstić information content (AvgIpc) is 3.41. The predicted octanol–water partition coefficient (Wildman–Crippen LogP) is 3.10. The molecule has 1 saturated heterocycles. The Kier molecular flexibility index (Phi) is 5.26. The van der Waals surface area contributed by atoms with Crippen molar-refractivity contribution in [3.8, 4) is 11.3 Å². The fraction of sp³-hybridized carbons (Fsp3) is 0.333. The number of rotatable bonds is 4. The van der Waals surface area contributed by atoms with Crippen molar-refractivity contribution in [2.75, 3.05) is 18.0 Å². The molecule has 9 heteroatoms. The number of carbonyl (C=O) groups is 1. The number of aromatic nitrogens is 4. The molecule has 1 N–H and O–H groups in total. The fourth-order valence-electron chi connectivity index (χ4n) is 5.44. The van der Waals surface area contributed by atoms with Crippen LogP contribution in [0.25, 0.3) is 22.3 Å². The van der Waals surface area contributed by atoms with E-state index < -0.39 is 5.60 Å². The molecule has 4 aromatic rings. The summed E-state index contributed by atoms with van der Waals surface area (Å²) in [5, 5.41) is 15.7. The minimum absolute atomic E-state index is 0.124. The molecule has 2 aromatic heterocycles. The molecule has 0 atom stereocenters. The van der Waals surface area contributed by atoms with Crippen molar-refractivity contribution < 1.29 is 14.3 Å². The molecule has 6 rings (SSSR count). The van der Waals surface area contributed by atoms with Crippen LogP contribution >= 0.6 is 0 Å². The number of hydrogen-bond acceptors (Lipinski definition) is 6. The smallest absolute Gasteiger partial charge is 0.281 e. The quantitative estimate of drug-likeness (QED) is 0.476. The van der Waals surface area contributed by atoms with E-state index in [0.29, 0.717) is 37.9 Å². The highest BCUT2D eigenvalue weighted by Crippen LogP contribution is 2.31. The molecular formula is C27H26FN5O3. The lowest BCUT2D eigenvalue weighted by molar-refractivity contribution is -0.00102. The van der Waals surface area contributed by atoms with Crippen LogP contribution in [0.2, 0.25) is 0 Å². The summed E-state index contributed by atoms with van der Waals surface area (Å²) in [5.41, 5.74) is 3.67. The van der Waals surface area contributed by atoms with Crippen LogP contribution in [-0.2, 0) is 20.0 Å². The minimum atomic E-state index is -1.06. The maximum absolute atomic E-state index is 13.3. The third-order valence-corrected chi connectivity index (χ3v) is 7.46. The fourth-order valence-corrected chi connectivity index (χ4v) is 5.44. The number of piperidine rings is 1. The van der Waals surface area contributed by atoms with Gasteiger partial charge in [-0.05, 0) is 55.2 Å². The SMILES string of the molecule is Cn1nc2c(=O)n(CC3(O)CCN(c4ccc(F)cc4)CC3)cnc2c1-c1ccc2c(c1)CCC2=O. The van der Waals surface area contributed by atoms with Gasteiger partial charge in [0.1, 0.15) is 11.3 Å². The van der Waals surface area contributed by atoms with E-state index in [0.717, 1.165) is 34.5 Å². The molecule has 2 aliphatic rings. The summed E-state index contributed by atoms with van der Waals surface area (Å²) < 4.78 is 16.3. The van der Waals surface area contributed by atoms with Crippen LogP contribution in [0, 0.1) is 5.82 Å². The second-order valence-corrected chi connectivity index (χ2v) is 9.83. The first-order valence-electron chi connectivity index (χ1n) is 12.1. The van der Waals surface area contributed by atoms with E-state index in [1.54, 1.807) is 23.9 Å². The molecule has 1 fully saturated rings. The van der Waals surface area contributed by atoms with E-state index in [-0.39, 0.29) is 29.2 Å². The van der Waals surface area contributed by atoms with Gasteiger partial charge < -0.3 is 10.0 Å². The molecule has 1 aliphatic carbocycles. The van der Waals surface area contributed by atoms with Gasteiger partial charge in [-0.2, -0.15) is 5.10 Å². The number of hydrogen-bond donors (Lipinski definition) is 1. The lowest BCUT2D eigenvalue weighted by Crippen LogP contribution is -2.48. The van der Waals surface area contributed by atoms with Gasteiger partial charge in [0.25, 0.3) is 5.56 Å². The molecule has 0 amide bonds. The average molecular weight is 488 g/mol. The molecule has 1 aliphatic heterocycles. The molecule has 0 bridgehead atoms. The van der Waals surface area contributed by atoms with E-state index in [1.807, 2.05) is 18.2 Å². The van der Waals surface area contributed by atoms with Crippen LogP contribution in [0.15, 0.2) is 53.6 Å².